The van der Waals surface area contributed by atoms with Gasteiger partial charge in [-0.25, -0.2) is 4.79 Å². The van der Waals surface area contributed by atoms with E-state index < -0.39 is 29.7 Å². The molecule has 0 saturated carbocycles. The van der Waals surface area contributed by atoms with Crippen molar-refractivity contribution in [2.75, 3.05) is 5.32 Å². The number of rotatable bonds is 4. The van der Waals surface area contributed by atoms with Gasteiger partial charge in [-0.05, 0) is 37.3 Å². The molecular formula is C19H15F3N2O3. The highest BCUT2D eigenvalue weighted by Crippen LogP contribution is 2.30. The molecule has 3 rings (SSSR count). The molecule has 3 aromatic rings. The fourth-order valence-corrected chi connectivity index (χ4v) is 2.48. The van der Waals surface area contributed by atoms with Crippen molar-refractivity contribution in [3.63, 3.8) is 0 Å². The van der Waals surface area contributed by atoms with E-state index in [1.54, 1.807) is 18.2 Å². The Labute approximate surface area is 152 Å². The van der Waals surface area contributed by atoms with Crippen LogP contribution in [0.2, 0.25) is 0 Å². The van der Waals surface area contributed by atoms with Crippen molar-refractivity contribution in [2.45, 2.75) is 19.2 Å². The molecule has 1 amide bonds. The van der Waals surface area contributed by atoms with Gasteiger partial charge in [-0.3, -0.25) is 4.79 Å². The second-order valence-electron chi connectivity index (χ2n) is 5.89. The maximum atomic E-state index is 12.7. The molecule has 5 nitrogen and oxygen atoms in total. The molecule has 0 fully saturated rings. The molecule has 1 heterocycles. The number of H-pyrrole nitrogens is 1. The van der Waals surface area contributed by atoms with Crippen molar-refractivity contribution in [3.8, 4) is 0 Å². The summed E-state index contributed by atoms with van der Waals surface area (Å²) in [4.78, 5) is 27.2. The van der Waals surface area contributed by atoms with Gasteiger partial charge in [-0.15, -0.1) is 0 Å². The van der Waals surface area contributed by atoms with Crippen LogP contribution in [0.15, 0.2) is 54.6 Å². The Hall–Kier alpha value is -3.29. The van der Waals surface area contributed by atoms with E-state index in [0.717, 1.165) is 23.0 Å². The molecule has 0 aliphatic heterocycles. The standard InChI is InChI=1S/C19H15F3N2O3/c1-11(17(25)23-14-7-4-6-13(10-14)19(20,21)22)27-18(26)16-9-12-5-2-3-8-15(12)24-16/h2-11,24H,1H3,(H,23,25)/t11-/m1/s1. The third-order valence-electron chi connectivity index (χ3n) is 3.86. The molecule has 2 N–H and O–H groups in total. The van der Waals surface area contributed by atoms with Gasteiger partial charge in [0.2, 0.25) is 0 Å². The van der Waals surface area contributed by atoms with Crippen molar-refractivity contribution in [1.82, 2.24) is 4.98 Å². The van der Waals surface area contributed by atoms with Gasteiger partial charge in [0, 0.05) is 16.6 Å². The maximum absolute atomic E-state index is 12.7. The number of esters is 1. The van der Waals surface area contributed by atoms with E-state index >= 15 is 0 Å². The monoisotopic (exact) mass is 376 g/mol. The summed E-state index contributed by atoms with van der Waals surface area (Å²) >= 11 is 0. The number of hydrogen-bond acceptors (Lipinski definition) is 3. The molecule has 1 atom stereocenters. The number of anilines is 1. The first-order valence-corrected chi connectivity index (χ1v) is 8.01. The highest BCUT2D eigenvalue weighted by Gasteiger charge is 2.30. The summed E-state index contributed by atoms with van der Waals surface area (Å²) in [6.07, 6.45) is -5.72. The van der Waals surface area contributed by atoms with Crippen LogP contribution in [0.1, 0.15) is 23.0 Å². The van der Waals surface area contributed by atoms with Crippen LogP contribution < -0.4 is 5.32 Å². The van der Waals surface area contributed by atoms with Crippen LogP contribution in [-0.4, -0.2) is 23.0 Å². The molecular weight excluding hydrogens is 361 g/mol. The zero-order valence-corrected chi connectivity index (χ0v) is 14.1. The minimum Gasteiger partial charge on any atom is -0.448 e. The molecule has 0 bridgehead atoms. The molecule has 0 spiro atoms. The predicted molar refractivity (Wildman–Crippen MR) is 93.2 cm³/mol. The Kier molecular flexibility index (Phi) is 4.89. The van der Waals surface area contributed by atoms with Gasteiger partial charge >= 0.3 is 12.1 Å². The Bertz CT molecular complexity index is 962. The van der Waals surface area contributed by atoms with E-state index in [0.29, 0.717) is 0 Å². The SMILES string of the molecule is C[C@@H](OC(=O)c1cc2ccccc2[nH]1)C(=O)Nc1cccc(C(F)(F)F)c1. The number of fused-ring (bicyclic) bond motifs is 1. The highest BCUT2D eigenvalue weighted by atomic mass is 19.4. The van der Waals surface area contributed by atoms with Gasteiger partial charge in [0.05, 0.1) is 5.56 Å². The summed E-state index contributed by atoms with van der Waals surface area (Å²) in [6.45, 7) is 1.34. The summed E-state index contributed by atoms with van der Waals surface area (Å²) < 4.78 is 43.3. The van der Waals surface area contributed by atoms with Crippen molar-refractivity contribution in [1.29, 1.82) is 0 Å². The molecule has 27 heavy (non-hydrogen) atoms. The molecule has 1 aromatic heterocycles. The number of carbonyl (C=O) groups is 2. The first-order valence-electron chi connectivity index (χ1n) is 8.01. The lowest BCUT2D eigenvalue weighted by Crippen LogP contribution is -2.30. The quantitative estimate of drug-likeness (QED) is 0.664. The van der Waals surface area contributed by atoms with Crippen molar-refractivity contribution in [3.05, 3.63) is 65.9 Å². The van der Waals surface area contributed by atoms with Crippen molar-refractivity contribution >= 4 is 28.5 Å². The Morgan fingerprint density at radius 2 is 1.81 bits per heavy atom. The topological polar surface area (TPSA) is 71.2 Å². The van der Waals surface area contributed by atoms with E-state index in [2.05, 4.69) is 10.3 Å². The van der Waals surface area contributed by atoms with E-state index in [-0.39, 0.29) is 11.4 Å². The Morgan fingerprint density at radius 1 is 1.07 bits per heavy atom. The lowest BCUT2D eigenvalue weighted by atomic mass is 10.2. The minimum absolute atomic E-state index is 0.0386. The zero-order chi connectivity index (χ0) is 19.6. The summed E-state index contributed by atoms with van der Waals surface area (Å²) in [7, 11) is 0. The fourth-order valence-electron chi connectivity index (χ4n) is 2.48. The molecule has 140 valence electrons. The predicted octanol–water partition coefficient (Wildman–Crippen LogP) is 4.37. The number of alkyl halides is 3. The summed E-state index contributed by atoms with van der Waals surface area (Å²) in [5.41, 5.74) is -0.00759. The van der Waals surface area contributed by atoms with E-state index in [1.165, 1.54) is 19.1 Å². The summed E-state index contributed by atoms with van der Waals surface area (Å²) in [5, 5.41) is 3.12. The first-order chi connectivity index (χ1) is 12.7. The fraction of sp³-hybridized carbons (Fsp3) is 0.158. The summed E-state index contributed by atoms with van der Waals surface area (Å²) in [6, 6.07) is 13.0. The third kappa shape index (κ3) is 4.28. The third-order valence-corrected chi connectivity index (χ3v) is 3.86. The molecule has 0 aliphatic carbocycles. The Morgan fingerprint density at radius 3 is 2.52 bits per heavy atom. The number of ether oxygens (including phenoxy) is 1. The molecule has 2 aromatic carbocycles. The highest BCUT2D eigenvalue weighted by molar-refractivity contribution is 5.98. The van der Waals surface area contributed by atoms with Crippen LogP contribution in [0.3, 0.4) is 0 Å². The van der Waals surface area contributed by atoms with E-state index in [4.69, 9.17) is 4.74 Å². The number of aromatic nitrogens is 1. The Balaban J connectivity index is 1.66. The second kappa shape index (κ2) is 7.14. The number of para-hydroxylation sites is 1. The number of benzene rings is 2. The normalized spacial score (nSPS) is 12.6. The average Bonchev–Trinajstić information content (AvgIpc) is 3.05. The van der Waals surface area contributed by atoms with Crippen LogP contribution in [0.25, 0.3) is 10.9 Å². The number of nitrogens with one attached hydrogen (secondary N) is 2. The first kappa shape index (κ1) is 18.5. The van der Waals surface area contributed by atoms with Crippen molar-refractivity contribution < 1.29 is 27.5 Å². The van der Waals surface area contributed by atoms with Gasteiger partial charge in [0.25, 0.3) is 5.91 Å². The van der Waals surface area contributed by atoms with Crippen molar-refractivity contribution in [2.24, 2.45) is 0 Å². The van der Waals surface area contributed by atoms with E-state index in [1.807, 2.05) is 12.1 Å². The lowest BCUT2D eigenvalue weighted by molar-refractivity contribution is -0.137. The van der Waals surface area contributed by atoms with Crippen LogP contribution in [0, 0.1) is 0 Å². The molecule has 0 aliphatic rings. The smallest absolute Gasteiger partial charge is 0.416 e. The molecule has 0 saturated heterocycles. The summed E-state index contributed by atoms with van der Waals surface area (Å²) in [5.74, 6) is -1.48. The zero-order valence-electron chi connectivity index (χ0n) is 14.1. The number of carbonyl (C=O) groups excluding carboxylic acids is 2. The van der Waals surface area contributed by atoms with Crippen LogP contribution in [-0.2, 0) is 15.7 Å². The largest absolute Gasteiger partial charge is 0.448 e. The van der Waals surface area contributed by atoms with Gasteiger partial charge < -0.3 is 15.0 Å². The second-order valence-corrected chi connectivity index (χ2v) is 5.89. The molecule has 0 unspecified atom stereocenters. The molecule has 8 heteroatoms. The number of aromatic amines is 1. The maximum Gasteiger partial charge on any atom is 0.416 e. The van der Waals surface area contributed by atoms with Crippen LogP contribution >= 0.6 is 0 Å². The van der Waals surface area contributed by atoms with Gasteiger partial charge in [0.15, 0.2) is 6.10 Å². The minimum atomic E-state index is -4.52. The number of hydrogen-bond donors (Lipinski definition) is 2. The van der Waals surface area contributed by atoms with Gasteiger partial charge in [-0.2, -0.15) is 13.2 Å². The number of halogens is 3. The van der Waals surface area contributed by atoms with E-state index in [9.17, 15) is 22.8 Å². The number of amides is 1. The van der Waals surface area contributed by atoms with Crippen LogP contribution in [0.5, 0.6) is 0 Å². The van der Waals surface area contributed by atoms with Crippen LogP contribution in [0.4, 0.5) is 18.9 Å². The van der Waals surface area contributed by atoms with Gasteiger partial charge in [-0.1, -0.05) is 24.3 Å². The average molecular weight is 376 g/mol. The van der Waals surface area contributed by atoms with Gasteiger partial charge in [0.1, 0.15) is 5.69 Å². The lowest BCUT2D eigenvalue weighted by Gasteiger charge is -2.14. The molecule has 0 radical (unpaired) electrons.